The van der Waals surface area contributed by atoms with E-state index in [0.717, 1.165) is 34.8 Å². The third-order valence-corrected chi connectivity index (χ3v) is 6.88. The number of carbonyl (C=O) groups is 2. The van der Waals surface area contributed by atoms with E-state index in [9.17, 15) is 9.59 Å². The van der Waals surface area contributed by atoms with Crippen molar-refractivity contribution < 1.29 is 14.3 Å². The molecule has 0 saturated carbocycles. The molecule has 0 bridgehead atoms. The van der Waals surface area contributed by atoms with Gasteiger partial charge in [-0.15, -0.1) is 0 Å². The summed E-state index contributed by atoms with van der Waals surface area (Å²) in [6, 6.07) is 26.6. The van der Waals surface area contributed by atoms with Gasteiger partial charge in [0.25, 0.3) is 11.7 Å². The minimum Gasteiger partial charge on any atom is -0.495 e. The molecule has 2 N–H and O–H groups in total. The first-order chi connectivity index (χ1) is 19.8. The van der Waals surface area contributed by atoms with Crippen molar-refractivity contribution >= 4 is 34.4 Å². The molecule has 0 atom stereocenters. The standard InChI is InChI=1S/C33H33N5O3/c1-22-18-23(2)35-30(19-22)37(3)17-16-34-25-10-12-26(13-11-25)36-33(40)32(39)31-29(24-8-6-5-7-9-24)20-27-14-15-28(41-4)21-38(27)31/h5-15,18-21,34H,16-17H2,1-4H3,(H,36,40). The molecule has 0 spiro atoms. The lowest BCUT2D eigenvalue weighted by molar-refractivity contribution is -0.112. The van der Waals surface area contributed by atoms with Crippen LogP contribution in [-0.2, 0) is 4.79 Å². The molecule has 3 heterocycles. The van der Waals surface area contributed by atoms with Gasteiger partial charge < -0.3 is 24.7 Å². The van der Waals surface area contributed by atoms with Crippen LogP contribution in [0.5, 0.6) is 5.75 Å². The van der Waals surface area contributed by atoms with Crippen molar-refractivity contribution in [3.63, 3.8) is 0 Å². The van der Waals surface area contributed by atoms with Gasteiger partial charge in [-0.1, -0.05) is 30.3 Å². The molecule has 1 amide bonds. The minimum absolute atomic E-state index is 0.281. The summed E-state index contributed by atoms with van der Waals surface area (Å²) in [5.74, 6) is 0.175. The summed E-state index contributed by atoms with van der Waals surface area (Å²) in [5, 5.41) is 6.15. The van der Waals surface area contributed by atoms with Crippen LogP contribution in [0, 0.1) is 13.8 Å². The van der Waals surface area contributed by atoms with Gasteiger partial charge in [-0.05, 0) is 79.6 Å². The minimum atomic E-state index is -0.715. The Morgan fingerprint density at radius 1 is 0.927 bits per heavy atom. The average Bonchev–Trinajstić information content (AvgIpc) is 3.36. The Labute approximate surface area is 239 Å². The number of ether oxygens (including phenoxy) is 1. The average molecular weight is 548 g/mol. The highest BCUT2D eigenvalue weighted by molar-refractivity contribution is 6.47. The number of aryl methyl sites for hydroxylation is 2. The van der Waals surface area contributed by atoms with Crippen molar-refractivity contribution in [3.8, 4) is 16.9 Å². The van der Waals surface area contributed by atoms with Crippen LogP contribution in [0.3, 0.4) is 0 Å². The van der Waals surface area contributed by atoms with Crippen LogP contribution < -0.4 is 20.3 Å². The number of anilines is 3. The monoisotopic (exact) mass is 547 g/mol. The maximum Gasteiger partial charge on any atom is 0.298 e. The lowest BCUT2D eigenvalue weighted by Crippen LogP contribution is -2.26. The zero-order valence-corrected chi connectivity index (χ0v) is 23.6. The van der Waals surface area contributed by atoms with Crippen molar-refractivity contribution in [2.75, 3.05) is 42.8 Å². The molecule has 0 radical (unpaired) electrons. The van der Waals surface area contributed by atoms with Crippen LogP contribution in [0.15, 0.2) is 91.1 Å². The van der Waals surface area contributed by atoms with E-state index in [1.54, 1.807) is 29.8 Å². The van der Waals surface area contributed by atoms with E-state index < -0.39 is 11.7 Å². The lowest BCUT2D eigenvalue weighted by atomic mass is 10.0. The van der Waals surface area contributed by atoms with Crippen LogP contribution in [0.2, 0.25) is 0 Å². The van der Waals surface area contributed by atoms with Gasteiger partial charge in [0.1, 0.15) is 17.3 Å². The second kappa shape index (κ2) is 12.0. The molecule has 8 heteroatoms. The molecular weight excluding hydrogens is 514 g/mol. The predicted octanol–water partition coefficient (Wildman–Crippen LogP) is 6.00. The molecule has 5 aromatic rings. The Balaban J connectivity index is 1.27. The molecule has 8 nitrogen and oxygen atoms in total. The summed E-state index contributed by atoms with van der Waals surface area (Å²) in [6.07, 6.45) is 1.72. The molecule has 208 valence electrons. The Morgan fingerprint density at radius 2 is 1.66 bits per heavy atom. The van der Waals surface area contributed by atoms with Crippen LogP contribution in [0.4, 0.5) is 17.2 Å². The predicted molar refractivity (Wildman–Crippen MR) is 164 cm³/mol. The molecule has 0 aliphatic heterocycles. The fourth-order valence-electron chi connectivity index (χ4n) is 4.81. The number of nitrogens with one attached hydrogen (secondary N) is 2. The third-order valence-electron chi connectivity index (χ3n) is 6.88. The maximum absolute atomic E-state index is 13.6. The van der Waals surface area contributed by atoms with Crippen molar-refractivity contribution in [2.45, 2.75) is 13.8 Å². The summed E-state index contributed by atoms with van der Waals surface area (Å²) >= 11 is 0. The number of ketones is 1. The summed E-state index contributed by atoms with van der Waals surface area (Å²) in [7, 11) is 3.59. The van der Waals surface area contributed by atoms with E-state index in [1.807, 2.05) is 74.6 Å². The highest BCUT2D eigenvalue weighted by Crippen LogP contribution is 2.30. The van der Waals surface area contributed by atoms with Crippen molar-refractivity contribution in [1.82, 2.24) is 9.38 Å². The molecule has 2 aromatic carbocycles. The normalized spacial score (nSPS) is 10.8. The second-order valence-corrected chi connectivity index (χ2v) is 9.99. The van der Waals surface area contributed by atoms with Gasteiger partial charge in [-0.2, -0.15) is 0 Å². The molecule has 5 rings (SSSR count). The second-order valence-electron chi connectivity index (χ2n) is 9.99. The number of Topliss-reactive ketones (excluding diaryl/α,β-unsaturated/α-hetero) is 1. The Hall–Kier alpha value is -5.11. The number of rotatable bonds is 10. The number of amides is 1. The van der Waals surface area contributed by atoms with Crippen molar-refractivity contribution in [3.05, 3.63) is 108 Å². The van der Waals surface area contributed by atoms with Crippen LogP contribution >= 0.6 is 0 Å². The Kier molecular flexibility index (Phi) is 8.01. The summed E-state index contributed by atoms with van der Waals surface area (Å²) in [5.41, 5.74) is 6.22. The Bertz CT molecular complexity index is 1670. The van der Waals surface area contributed by atoms with Gasteiger partial charge in [-0.25, -0.2) is 4.98 Å². The van der Waals surface area contributed by atoms with E-state index in [4.69, 9.17) is 4.74 Å². The van der Waals surface area contributed by atoms with Gasteiger partial charge in [0, 0.05) is 48.3 Å². The van der Waals surface area contributed by atoms with E-state index in [2.05, 4.69) is 39.6 Å². The molecular formula is C33H33N5O3. The molecule has 0 fully saturated rings. The number of pyridine rings is 2. The first-order valence-electron chi connectivity index (χ1n) is 13.4. The topological polar surface area (TPSA) is 88.0 Å². The van der Waals surface area contributed by atoms with Gasteiger partial charge in [0.15, 0.2) is 0 Å². The SMILES string of the molecule is COc1ccc2cc(-c3ccccc3)c(C(=O)C(=O)Nc3ccc(NCCN(C)c4cc(C)cc(C)n4)cc3)n2c1. The number of hydrogen-bond donors (Lipinski definition) is 2. The zero-order chi connectivity index (χ0) is 28.9. The van der Waals surface area contributed by atoms with Gasteiger partial charge in [0.05, 0.1) is 13.3 Å². The Morgan fingerprint density at radius 3 is 2.37 bits per heavy atom. The number of hydrogen-bond acceptors (Lipinski definition) is 6. The van der Waals surface area contributed by atoms with Crippen molar-refractivity contribution in [2.24, 2.45) is 0 Å². The molecule has 0 aliphatic rings. The summed E-state index contributed by atoms with van der Waals surface area (Å²) in [4.78, 5) is 33.4. The first kappa shape index (κ1) is 27.5. The van der Waals surface area contributed by atoms with Crippen LogP contribution in [0.25, 0.3) is 16.6 Å². The van der Waals surface area contributed by atoms with Crippen molar-refractivity contribution in [1.29, 1.82) is 0 Å². The van der Waals surface area contributed by atoms with E-state index in [-0.39, 0.29) is 5.69 Å². The molecule has 3 aromatic heterocycles. The molecule has 0 aliphatic carbocycles. The van der Waals surface area contributed by atoms with E-state index >= 15 is 0 Å². The number of nitrogens with zero attached hydrogens (tertiary/aromatic N) is 3. The van der Waals surface area contributed by atoms with Crippen LogP contribution in [-0.4, -0.2) is 48.3 Å². The zero-order valence-electron chi connectivity index (χ0n) is 23.6. The molecule has 0 saturated heterocycles. The van der Waals surface area contributed by atoms with Crippen LogP contribution in [0.1, 0.15) is 21.7 Å². The van der Waals surface area contributed by atoms with Gasteiger partial charge in [-0.3, -0.25) is 9.59 Å². The largest absolute Gasteiger partial charge is 0.495 e. The highest BCUT2D eigenvalue weighted by atomic mass is 16.5. The quantitative estimate of drug-likeness (QED) is 0.165. The number of aromatic nitrogens is 2. The number of likely N-dealkylation sites (N-methyl/N-ethyl adjacent to an activating group) is 1. The number of carbonyl (C=O) groups excluding carboxylic acids is 2. The first-order valence-corrected chi connectivity index (χ1v) is 13.4. The highest BCUT2D eigenvalue weighted by Gasteiger charge is 2.25. The fraction of sp³-hybridized carbons (Fsp3) is 0.182. The summed E-state index contributed by atoms with van der Waals surface area (Å²) < 4.78 is 7.08. The van der Waals surface area contributed by atoms with E-state index in [0.29, 0.717) is 23.5 Å². The molecule has 0 unspecified atom stereocenters. The van der Waals surface area contributed by atoms with Gasteiger partial charge in [0.2, 0.25) is 0 Å². The maximum atomic E-state index is 13.6. The molecule has 41 heavy (non-hydrogen) atoms. The third kappa shape index (κ3) is 6.22. The van der Waals surface area contributed by atoms with E-state index in [1.165, 1.54) is 5.56 Å². The summed E-state index contributed by atoms with van der Waals surface area (Å²) in [6.45, 7) is 5.54. The number of methoxy groups -OCH3 is 1. The number of fused-ring (bicyclic) bond motifs is 1. The smallest absolute Gasteiger partial charge is 0.298 e. The fourth-order valence-corrected chi connectivity index (χ4v) is 4.81. The number of benzene rings is 2. The lowest BCUT2D eigenvalue weighted by Gasteiger charge is -2.20. The van der Waals surface area contributed by atoms with Gasteiger partial charge >= 0.3 is 0 Å².